The Kier molecular flexibility index (Phi) is 7.96. The Morgan fingerprint density at radius 3 is 1.17 bits per heavy atom. The molecular weight excluding hydrogens is 296 g/mol. The molecule has 0 aliphatic rings. The van der Waals surface area contributed by atoms with Crippen LogP contribution >= 0.6 is 0 Å². The van der Waals surface area contributed by atoms with E-state index in [1.165, 1.54) is 5.56 Å². The zero-order chi connectivity index (χ0) is 18.3. The number of aromatic nitrogens is 4. The molecule has 0 aliphatic carbocycles. The molecule has 0 radical (unpaired) electrons. The lowest BCUT2D eigenvalue weighted by atomic mass is 10.1. The summed E-state index contributed by atoms with van der Waals surface area (Å²) >= 11 is 0. The van der Waals surface area contributed by atoms with Gasteiger partial charge >= 0.3 is 0 Å². The fourth-order valence-corrected chi connectivity index (χ4v) is 1.89. The summed E-state index contributed by atoms with van der Waals surface area (Å²) in [6, 6.07) is 0. The second-order valence-corrected chi connectivity index (χ2v) is 7.36. The van der Waals surface area contributed by atoms with Crippen molar-refractivity contribution < 1.29 is 0 Å². The smallest absolute Gasteiger partial charge is 0.130 e. The third-order valence-electron chi connectivity index (χ3n) is 3.75. The third-order valence-corrected chi connectivity index (χ3v) is 3.75. The molecule has 24 heavy (non-hydrogen) atoms. The molecular formula is C20H32N4. The molecule has 4 nitrogen and oxygen atoms in total. The lowest BCUT2D eigenvalue weighted by Crippen LogP contribution is -1.99. The number of rotatable bonds is 4. The first-order chi connectivity index (χ1) is 11.2. The Hall–Kier alpha value is -1.84. The highest BCUT2D eigenvalue weighted by atomic mass is 14.9. The van der Waals surface area contributed by atoms with Gasteiger partial charge in [0, 0.05) is 30.7 Å². The largest absolute Gasteiger partial charge is 0.258 e. The van der Waals surface area contributed by atoms with E-state index < -0.39 is 0 Å². The van der Waals surface area contributed by atoms with Crippen LogP contribution in [0.5, 0.6) is 0 Å². The first-order valence-corrected chi connectivity index (χ1v) is 8.86. The van der Waals surface area contributed by atoms with E-state index in [9.17, 15) is 0 Å². The molecule has 4 heteroatoms. The van der Waals surface area contributed by atoms with E-state index in [1.807, 2.05) is 24.8 Å². The van der Waals surface area contributed by atoms with Crippen LogP contribution in [0, 0.1) is 0 Å². The van der Waals surface area contributed by atoms with Gasteiger partial charge in [0.2, 0.25) is 0 Å². The van der Waals surface area contributed by atoms with Crippen LogP contribution in [0.25, 0.3) is 0 Å². The number of nitrogens with zero attached hydrogens (tertiary/aromatic N) is 4. The van der Waals surface area contributed by atoms with E-state index in [0.29, 0.717) is 23.7 Å². The molecule has 0 saturated heterocycles. The molecule has 0 N–H and O–H groups in total. The van der Waals surface area contributed by atoms with Gasteiger partial charge < -0.3 is 0 Å². The average Bonchev–Trinajstić information content (AvgIpc) is 2.55. The van der Waals surface area contributed by atoms with Gasteiger partial charge in [0.1, 0.15) is 5.82 Å². The molecule has 0 amide bonds. The number of hydrogen-bond donors (Lipinski definition) is 0. The molecule has 2 rings (SSSR count). The van der Waals surface area contributed by atoms with Crippen LogP contribution in [0.3, 0.4) is 0 Å². The van der Waals surface area contributed by atoms with Crippen LogP contribution in [0.2, 0.25) is 0 Å². The van der Waals surface area contributed by atoms with Gasteiger partial charge in [0.15, 0.2) is 0 Å². The van der Waals surface area contributed by atoms with E-state index >= 15 is 0 Å². The van der Waals surface area contributed by atoms with E-state index in [2.05, 4.69) is 75.3 Å². The zero-order valence-corrected chi connectivity index (χ0v) is 16.4. The summed E-state index contributed by atoms with van der Waals surface area (Å²) in [5.41, 5.74) is 3.35. The van der Waals surface area contributed by atoms with Crippen molar-refractivity contribution in [1.29, 1.82) is 0 Å². The second kappa shape index (κ2) is 9.45. The molecule has 0 aromatic carbocycles. The van der Waals surface area contributed by atoms with Gasteiger partial charge in [-0.25, -0.2) is 9.97 Å². The van der Waals surface area contributed by atoms with Crippen LogP contribution in [-0.2, 0) is 0 Å². The lowest BCUT2D eigenvalue weighted by Gasteiger charge is -2.06. The van der Waals surface area contributed by atoms with Crippen LogP contribution in [0.15, 0.2) is 24.8 Å². The SMILES string of the molecule is CC(C)c1cnc(C(C)C)cn1.CC(C)c1cnc(C(C)C)nc1. The molecule has 0 fully saturated rings. The Bertz CT molecular complexity index is 475. The Morgan fingerprint density at radius 1 is 0.500 bits per heavy atom. The third kappa shape index (κ3) is 6.34. The normalized spacial score (nSPS) is 11.2. The molecule has 2 aromatic rings. The quantitative estimate of drug-likeness (QED) is 0.749. The van der Waals surface area contributed by atoms with Crippen LogP contribution < -0.4 is 0 Å². The molecule has 0 saturated carbocycles. The summed E-state index contributed by atoms with van der Waals surface area (Å²) < 4.78 is 0. The van der Waals surface area contributed by atoms with Crippen molar-refractivity contribution >= 4 is 0 Å². The molecule has 0 bridgehead atoms. The van der Waals surface area contributed by atoms with Crippen molar-refractivity contribution in [2.24, 2.45) is 0 Å². The first kappa shape index (κ1) is 20.2. The fraction of sp³-hybridized carbons (Fsp3) is 0.600. The summed E-state index contributed by atoms with van der Waals surface area (Å²) in [7, 11) is 0. The van der Waals surface area contributed by atoms with E-state index in [-0.39, 0.29) is 0 Å². The van der Waals surface area contributed by atoms with Gasteiger partial charge in [-0.1, -0.05) is 55.4 Å². The second-order valence-electron chi connectivity index (χ2n) is 7.36. The predicted molar refractivity (Wildman–Crippen MR) is 100 cm³/mol. The zero-order valence-electron chi connectivity index (χ0n) is 16.4. The summed E-state index contributed by atoms with van der Waals surface area (Å²) in [5, 5.41) is 0. The van der Waals surface area contributed by atoms with E-state index in [0.717, 1.165) is 17.2 Å². The molecule has 0 atom stereocenters. The summed E-state index contributed by atoms with van der Waals surface area (Å²) in [4.78, 5) is 17.3. The maximum Gasteiger partial charge on any atom is 0.130 e. The standard InChI is InChI=1S/2C10H16N2/c1-7(2)9-5-12-10(6-11-9)8(3)4;1-7(2)9-5-11-10(8(3)4)12-6-9/h2*5-8H,1-4H3. The van der Waals surface area contributed by atoms with Gasteiger partial charge in [-0.15, -0.1) is 0 Å². The highest BCUT2D eigenvalue weighted by molar-refractivity contribution is 5.10. The van der Waals surface area contributed by atoms with Crippen molar-refractivity contribution in [3.05, 3.63) is 47.6 Å². The predicted octanol–water partition coefficient (Wildman–Crippen LogP) is 5.45. The van der Waals surface area contributed by atoms with Crippen molar-refractivity contribution in [1.82, 2.24) is 19.9 Å². The minimum Gasteiger partial charge on any atom is -0.258 e. The Morgan fingerprint density at radius 2 is 0.917 bits per heavy atom. The molecule has 0 aliphatic heterocycles. The van der Waals surface area contributed by atoms with E-state index in [4.69, 9.17) is 0 Å². The van der Waals surface area contributed by atoms with E-state index in [1.54, 1.807) is 0 Å². The van der Waals surface area contributed by atoms with Crippen LogP contribution in [0.1, 0.15) is 102 Å². The van der Waals surface area contributed by atoms with Crippen LogP contribution in [0.4, 0.5) is 0 Å². The van der Waals surface area contributed by atoms with Crippen molar-refractivity contribution in [2.45, 2.75) is 79.1 Å². The maximum absolute atomic E-state index is 4.34. The van der Waals surface area contributed by atoms with Crippen molar-refractivity contribution in [2.75, 3.05) is 0 Å². The number of hydrogen-bond acceptors (Lipinski definition) is 4. The van der Waals surface area contributed by atoms with Crippen LogP contribution in [-0.4, -0.2) is 19.9 Å². The average molecular weight is 329 g/mol. The molecule has 2 aromatic heterocycles. The van der Waals surface area contributed by atoms with Gasteiger partial charge in [-0.2, -0.15) is 0 Å². The summed E-state index contributed by atoms with van der Waals surface area (Å²) in [6.45, 7) is 17.0. The highest BCUT2D eigenvalue weighted by Gasteiger charge is 2.04. The molecule has 2 heterocycles. The minimum atomic E-state index is 0.422. The Balaban J connectivity index is 0.000000240. The Labute approximate surface area is 147 Å². The maximum atomic E-state index is 4.34. The minimum absolute atomic E-state index is 0.422. The molecule has 132 valence electrons. The summed E-state index contributed by atoms with van der Waals surface area (Å²) in [6.07, 6.45) is 7.60. The first-order valence-electron chi connectivity index (χ1n) is 8.86. The monoisotopic (exact) mass is 328 g/mol. The van der Waals surface area contributed by atoms with Gasteiger partial charge in [0.05, 0.1) is 11.4 Å². The van der Waals surface area contributed by atoms with Gasteiger partial charge in [-0.05, 0) is 23.3 Å². The fourth-order valence-electron chi connectivity index (χ4n) is 1.89. The lowest BCUT2D eigenvalue weighted by molar-refractivity contribution is 0.754. The topological polar surface area (TPSA) is 51.6 Å². The van der Waals surface area contributed by atoms with Crippen molar-refractivity contribution in [3.63, 3.8) is 0 Å². The van der Waals surface area contributed by atoms with Gasteiger partial charge in [0.25, 0.3) is 0 Å². The highest BCUT2D eigenvalue weighted by Crippen LogP contribution is 2.14. The molecule has 0 unspecified atom stereocenters. The van der Waals surface area contributed by atoms with Crippen molar-refractivity contribution in [3.8, 4) is 0 Å². The molecule has 0 spiro atoms. The van der Waals surface area contributed by atoms with Gasteiger partial charge in [-0.3, -0.25) is 9.97 Å². The summed E-state index contributed by atoms with van der Waals surface area (Å²) in [5.74, 6) is 2.81.